The van der Waals surface area contributed by atoms with Crippen LogP contribution in [0.3, 0.4) is 0 Å². The molecule has 2 rings (SSSR count). The Kier molecular flexibility index (Phi) is 4.05. The van der Waals surface area contributed by atoms with E-state index in [2.05, 4.69) is 4.98 Å². The van der Waals surface area contributed by atoms with Gasteiger partial charge in [0.1, 0.15) is 0 Å². The fourth-order valence-corrected chi connectivity index (χ4v) is 1.98. The van der Waals surface area contributed by atoms with Crippen molar-refractivity contribution in [2.24, 2.45) is 5.73 Å². The van der Waals surface area contributed by atoms with E-state index in [9.17, 15) is 0 Å². The lowest BCUT2D eigenvalue weighted by Gasteiger charge is -2.32. The molecule has 0 radical (unpaired) electrons. The van der Waals surface area contributed by atoms with Crippen LogP contribution in [0, 0.1) is 0 Å². The first-order chi connectivity index (χ1) is 9.21. The number of pyridine rings is 1. The predicted octanol–water partition coefficient (Wildman–Crippen LogP) is 2.75. The summed E-state index contributed by atoms with van der Waals surface area (Å²) in [5.41, 5.74) is 7.16. The summed E-state index contributed by atoms with van der Waals surface area (Å²) in [7, 11) is -0.347. The predicted molar refractivity (Wildman–Crippen MR) is 82.0 cm³/mol. The van der Waals surface area contributed by atoms with Gasteiger partial charge in [0.2, 0.25) is 0 Å². The van der Waals surface area contributed by atoms with E-state index in [0.717, 1.165) is 11.3 Å². The van der Waals surface area contributed by atoms with Crippen LogP contribution in [0.2, 0.25) is 0 Å². The number of rotatable bonds is 3. The fourth-order valence-electron chi connectivity index (χ4n) is 1.98. The van der Waals surface area contributed by atoms with Gasteiger partial charge in [0.15, 0.2) is 0 Å². The molecule has 2 N–H and O–H groups in total. The molecule has 0 amide bonds. The van der Waals surface area contributed by atoms with Gasteiger partial charge in [0.05, 0.1) is 16.9 Å². The molecule has 2 heterocycles. The molecular formula is C15H23BN2O2. The highest BCUT2D eigenvalue weighted by molar-refractivity contribution is 6.52. The van der Waals surface area contributed by atoms with Gasteiger partial charge in [-0.1, -0.05) is 5.98 Å². The first kappa shape index (κ1) is 15.2. The lowest BCUT2D eigenvalue weighted by Crippen LogP contribution is -2.41. The number of nitrogens with two attached hydrogens (primary N) is 1. The van der Waals surface area contributed by atoms with Gasteiger partial charge < -0.3 is 15.0 Å². The maximum Gasteiger partial charge on any atom is 0.487 e. The van der Waals surface area contributed by atoms with Gasteiger partial charge in [-0.25, -0.2) is 0 Å². The van der Waals surface area contributed by atoms with Gasteiger partial charge in [-0.3, -0.25) is 4.98 Å². The number of nitrogens with zero attached hydrogens (tertiary/aromatic N) is 1. The van der Waals surface area contributed by atoms with Crippen LogP contribution in [0.1, 0.15) is 51.9 Å². The van der Waals surface area contributed by atoms with Crippen molar-refractivity contribution in [3.63, 3.8) is 0 Å². The average Bonchev–Trinajstić information content (AvgIpc) is 2.56. The van der Waals surface area contributed by atoms with Gasteiger partial charge in [-0.05, 0) is 58.4 Å². The van der Waals surface area contributed by atoms with Crippen LogP contribution >= 0.6 is 0 Å². The molecule has 1 aromatic rings. The zero-order valence-corrected chi connectivity index (χ0v) is 12.9. The maximum absolute atomic E-state index is 5.90. The van der Waals surface area contributed by atoms with Crippen molar-refractivity contribution < 1.29 is 9.31 Å². The molecule has 0 spiro atoms. The minimum absolute atomic E-state index is 0.00185. The van der Waals surface area contributed by atoms with Crippen LogP contribution in [0.5, 0.6) is 0 Å². The summed E-state index contributed by atoms with van der Waals surface area (Å²) in [5, 5.41) is 0. The van der Waals surface area contributed by atoms with Crippen LogP contribution < -0.4 is 5.73 Å². The summed E-state index contributed by atoms with van der Waals surface area (Å²) >= 11 is 0. The van der Waals surface area contributed by atoms with Crippen molar-refractivity contribution in [1.29, 1.82) is 0 Å². The highest BCUT2D eigenvalue weighted by atomic mass is 16.7. The van der Waals surface area contributed by atoms with E-state index in [0.29, 0.717) is 0 Å². The maximum atomic E-state index is 5.90. The summed E-state index contributed by atoms with van der Waals surface area (Å²) < 4.78 is 11.8. The fraction of sp³-hybridized carbons (Fsp3) is 0.533. The Morgan fingerprint density at radius 2 is 1.85 bits per heavy atom. The Morgan fingerprint density at radius 3 is 2.40 bits per heavy atom. The van der Waals surface area contributed by atoms with E-state index in [-0.39, 0.29) is 24.4 Å². The highest BCUT2D eigenvalue weighted by Crippen LogP contribution is 2.36. The van der Waals surface area contributed by atoms with Crippen molar-refractivity contribution in [1.82, 2.24) is 4.98 Å². The third-order valence-electron chi connectivity index (χ3n) is 4.03. The van der Waals surface area contributed by atoms with Gasteiger partial charge in [0, 0.05) is 12.2 Å². The average molecular weight is 274 g/mol. The first-order valence-electron chi connectivity index (χ1n) is 6.97. The van der Waals surface area contributed by atoms with Crippen molar-refractivity contribution in [2.45, 2.75) is 51.9 Å². The third kappa shape index (κ3) is 3.11. The Bertz CT molecular complexity index is 496. The molecule has 0 saturated carbocycles. The zero-order chi connectivity index (χ0) is 15.0. The summed E-state index contributed by atoms with van der Waals surface area (Å²) in [5.74, 6) is 1.89. The van der Waals surface area contributed by atoms with E-state index in [4.69, 9.17) is 15.0 Å². The monoisotopic (exact) mass is 274 g/mol. The highest BCUT2D eigenvalue weighted by Gasteiger charge is 2.49. The molecule has 1 aliphatic heterocycles. The van der Waals surface area contributed by atoms with Crippen molar-refractivity contribution in [3.05, 3.63) is 35.6 Å². The standard InChI is InChI=1S/C15H23BN2O2/c1-11(17)12-7-9-18-13(10-12)6-8-16-19-14(2,3)15(4,5)20-16/h6-11H,17H2,1-5H3/b8-6+. The van der Waals surface area contributed by atoms with Crippen LogP contribution in [0.15, 0.2) is 24.3 Å². The molecule has 1 fully saturated rings. The second kappa shape index (κ2) is 5.32. The smallest absolute Gasteiger partial charge is 0.400 e. The lowest BCUT2D eigenvalue weighted by molar-refractivity contribution is 0.00578. The molecule has 1 atom stereocenters. The second-order valence-corrected chi connectivity index (χ2v) is 6.29. The third-order valence-corrected chi connectivity index (χ3v) is 4.03. The molecule has 0 bridgehead atoms. The van der Waals surface area contributed by atoms with Crippen LogP contribution in [0.4, 0.5) is 0 Å². The molecule has 5 heteroatoms. The molecule has 1 saturated heterocycles. The molecule has 108 valence electrons. The SMILES string of the molecule is CC(N)c1ccnc(/C=C/B2OC(C)(C)C(C)(C)O2)c1. The van der Waals surface area contributed by atoms with Crippen molar-refractivity contribution >= 4 is 13.2 Å². The molecule has 1 unspecified atom stereocenters. The summed E-state index contributed by atoms with van der Waals surface area (Å²) in [6.45, 7) is 10.1. The van der Waals surface area contributed by atoms with Crippen LogP contribution in [-0.2, 0) is 9.31 Å². The quantitative estimate of drug-likeness (QED) is 0.861. The summed E-state index contributed by atoms with van der Waals surface area (Å²) in [6, 6.07) is 3.91. The molecule has 20 heavy (non-hydrogen) atoms. The van der Waals surface area contributed by atoms with Crippen LogP contribution in [0.25, 0.3) is 6.08 Å². The first-order valence-corrected chi connectivity index (χ1v) is 6.97. The van der Waals surface area contributed by atoms with E-state index < -0.39 is 0 Å². The number of hydrogen-bond acceptors (Lipinski definition) is 4. The Morgan fingerprint density at radius 1 is 1.25 bits per heavy atom. The Labute approximate surface area is 121 Å². The largest absolute Gasteiger partial charge is 0.487 e. The molecule has 1 aliphatic rings. The van der Waals surface area contributed by atoms with E-state index in [1.807, 2.05) is 58.8 Å². The summed E-state index contributed by atoms with van der Waals surface area (Å²) in [6.07, 6.45) is 3.68. The van der Waals surface area contributed by atoms with E-state index in [1.54, 1.807) is 6.20 Å². The van der Waals surface area contributed by atoms with E-state index >= 15 is 0 Å². The summed E-state index contributed by atoms with van der Waals surface area (Å²) in [4.78, 5) is 4.30. The molecule has 4 nitrogen and oxygen atoms in total. The molecular weight excluding hydrogens is 251 g/mol. The van der Waals surface area contributed by atoms with Crippen LogP contribution in [-0.4, -0.2) is 23.3 Å². The second-order valence-electron chi connectivity index (χ2n) is 6.29. The number of hydrogen-bond donors (Lipinski definition) is 1. The normalized spacial score (nSPS) is 22.4. The van der Waals surface area contributed by atoms with Gasteiger partial charge >= 0.3 is 7.12 Å². The van der Waals surface area contributed by atoms with Crippen molar-refractivity contribution in [2.75, 3.05) is 0 Å². The van der Waals surface area contributed by atoms with Gasteiger partial charge in [-0.15, -0.1) is 0 Å². The van der Waals surface area contributed by atoms with Gasteiger partial charge in [-0.2, -0.15) is 0 Å². The lowest BCUT2D eigenvalue weighted by atomic mass is 9.89. The van der Waals surface area contributed by atoms with Crippen molar-refractivity contribution in [3.8, 4) is 0 Å². The minimum Gasteiger partial charge on any atom is -0.400 e. The number of aromatic nitrogens is 1. The zero-order valence-electron chi connectivity index (χ0n) is 12.9. The topological polar surface area (TPSA) is 57.4 Å². The Hall–Kier alpha value is -1.17. The van der Waals surface area contributed by atoms with Gasteiger partial charge in [0.25, 0.3) is 0 Å². The minimum atomic E-state index is -0.347. The van der Waals surface area contributed by atoms with E-state index in [1.165, 1.54) is 0 Å². The molecule has 1 aromatic heterocycles. The molecule has 0 aliphatic carbocycles. The molecule has 0 aromatic carbocycles. The Balaban J connectivity index is 2.10.